The first-order chi connectivity index (χ1) is 13.6. The Morgan fingerprint density at radius 2 is 1.75 bits per heavy atom. The summed E-state index contributed by atoms with van der Waals surface area (Å²) in [5.74, 6) is 0.700. The Balaban J connectivity index is 1.59. The minimum absolute atomic E-state index is 0.0277. The van der Waals surface area contributed by atoms with Gasteiger partial charge in [0, 0.05) is 17.7 Å². The molecule has 3 aromatic carbocycles. The van der Waals surface area contributed by atoms with Gasteiger partial charge in [0.1, 0.15) is 19.0 Å². The van der Waals surface area contributed by atoms with Crippen LogP contribution in [-0.4, -0.2) is 11.1 Å². The number of hydrogen-bond acceptors (Lipinski definition) is 5. The van der Waals surface area contributed by atoms with E-state index >= 15 is 0 Å². The minimum Gasteiger partial charge on any atom is -0.488 e. The van der Waals surface area contributed by atoms with Crippen LogP contribution in [0.5, 0.6) is 5.75 Å². The molecule has 3 rings (SSSR count). The average Bonchev–Trinajstić information content (AvgIpc) is 2.72. The van der Waals surface area contributed by atoms with Gasteiger partial charge in [-0.25, -0.2) is 0 Å². The van der Waals surface area contributed by atoms with Gasteiger partial charge >= 0.3 is 0 Å². The first-order valence-corrected chi connectivity index (χ1v) is 8.78. The van der Waals surface area contributed by atoms with Crippen LogP contribution in [0.3, 0.4) is 0 Å². The summed E-state index contributed by atoms with van der Waals surface area (Å²) in [6.07, 6.45) is 1.57. The quantitative estimate of drug-likeness (QED) is 0.314. The van der Waals surface area contributed by atoms with Crippen molar-refractivity contribution in [1.82, 2.24) is 0 Å². The number of para-hydroxylation sites is 1. The average molecular weight is 376 g/mol. The lowest BCUT2D eigenvalue weighted by molar-refractivity contribution is -0.384. The van der Waals surface area contributed by atoms with Crippen molar-refractivity contribution in [3.8, 4) is 5.75 Å². The second-order valence-electron chi connectivity index (χ2n) is 6.25. The van der Waals surface area contributed by atoms with Crippen LogP contribution in [-0.2, 0) is 18.1 Å². The van der Waals surface area contributed by atoms with Gasteiger partial charge in [0.25, 0.3) is 5.69 Å². The first-order valence-electron chi connectivity index (χ1n) is 8.78. The summed E-state index contributed by atoms with van der Waals surface area (Å²) in [5, 5.41) is 14.8. The highest BCUT2D eigenvalue weighted by atomic mass is 16.6. The third-order valence-electron chi connectivity index (χ3n) is 4.05. The van der Waals surface area contributed by atoms with Crippen molar-refractivity contribution in [3.63, 3.8) is 0 Å². The highest BCUT2D eigenvalue weighted by Gasteiger charge is 2.06. The number of oxime groups is 1. The van der Waals surface area contributed by atoms with E-state index in [-0.39, 0.29) is 12.3 Å². The zero-order valence-corrected chi connectivity index (χ0v) is 15.4. The van der Waals surface area contributed by atoms with Crippen molar-refractivity contribution in [1.29, 1.82) is 0 Å². The molecule has 0 amide bonds. The van der Waals surface area contributed by atoms with Crippen LogP contribution in [0.25, 0.3) is 0 Å². The van der Waals surface area contributed by atoms with Crippen LogP contribution >= 0.6 is 0 Å². The molecule has 0 radical (unpaired) electrons. The van der Waals surface area contributed by atoms with E-state index in [9.17, 15) is 10.1 Å². The maximum absolute atomic E-state index is 10.8. The zero-order valence-electron chi connectivity index (χ0n) is 15.4. The lowest BCUT2D eigenvalue weighted by Gasteiger charge is -2.09. The molecule has 142 valence electrons. The molecule has 0 unspecified atom stereocenters. The second kappa shape index (κ2) is 9.32. The SMILES string of the molecule is Cc1ccc(COc2ccccc2/C=N\OCc2cccc([N+](=O)[O-])c2)cc1. The van der Waals surface area contributed by atoms with Gasteiger partial charge < -0.3 is 9.57 Å². The maximum atomic E-state index is 10.8. The van der Waals surface area contributed by atoms with E-state index in [1.807, 2.05) is 55.5 Å². The number of non-ortho nitro benzene ring substituents is 1. The van der Waals surface area contributed by atoms with Crippen LogP contribution in [0.4, 0.5) is 5.69 Å². The predicted molar refractivity (Wildman–Crippen MR) is 107 cm³/mol. The van der Waals surface area contributed by atoms with Crippen molar-refractivity contribution in [2.75, 3.05) is 0 Å². The molecule has 0 aliphatic rings. The fourth-order valence-corrected chi connectivity index (χ4v) is 2.53. The fraction of sp³-hybridized carbons (Fsp3) is 0.136. The Kier molecular flexibility index (Phi) is 6.36. The van der Waals surface area contributed by atoms with E-state index in [0.29, 0.717) is 17.9 Å². The summed E-state index contributed by atoms with van der Waals surface area (Å²) >= 11 is 0. The van der Waals surface area contributed by atoms with E-state index in [0.717, 1.165) is 11.1 Å². The molecular weight excluding hydrogens is 356 g/mol. The molecule has 0 aromatic heterocycles. The lowest BCUT2D eigenvalue weighted by Crippen LogP contribution is -1.98. The molecular formula is C22H20N2O4. The molecule has 0 atom stereocenters. The first kappa shape index (κ1) is 19.1. The molecule has 0 fully saturated rings. The van der Waals surface area contributed by atoms with Crippen LogP contribution < -0.4 is 4.74 Å². The van der Waals surface area contributed by atoms with Crippen LogP contribution in [0.1, 0.15) is 22.3 Å². The molecule has 6 heteroatoms. The number of aryl methyl sites for hydroxylation is 1. The van der Waals surface area contributed by atoms with E-state index in [1.165, 1.54) is 17.7 Å². The number of nitro groups is 1. The summed E-state index contributed by atoms with van der Waals surface area (Å²) in [5.41, 5.74) is 3.78. The molecule has 0 saturated heterocycles. The molecule has 6 nitrogen and oxygen atoms in total. The van der Waals surface area contributed by atoms with E-state index in [4.69, 9.17) is 9.57 Å². The molecule has 0 saturated carbocycles. The predicted octanol–water partition coefficient (Wildman–Crippen LogP) is 5.03. The zero-order chi connectivity index (χ0) is 19.8. The number of hydrogen-bond donors (Lipinski definition) is 0. The van der Waals surface area contributed by atoms with Crippen molar-refractivity contribution in [2.45, 2.75) is 20.1 Å². The Hall–Kier alpha value is -3.67. The van der Waals surface area contributed by atoms with Gasteiger partial charge in [0.05, 0.1) is 11.1 Å². The summed E-state index contributed by atoms with van der Waals surface area (Å²) in [4.78, 5) is 15.7. The number of nitrogens with zero attached hydrogens (tertiary/aromatic N) is 2. The topological polar surface area (TPSA) is 74.0 Å². The van der Waals surface area contributed by atoms with Gasteiger partial charge in [-0.05, 0) is 30.2 Å². The van der Waals surface area contributed by atoms with Gasteiger partial charge in [0.15, 0.2) is 0 Å². The molecule has 0 aliphatic heterocycles. The lowest BCUT2D eigenvalue weighted by atomic mass is 10.1. The van der Waals surface area contributed by atoms with Gasteiger partial charge in [-0.1, -0.05) is 59.3 Å². The number of ether oxygens (including phenoxy) is 1. The number of benzene rings is 3. The molecule has 0 aliphatic carbocycles. The van der Waals surface area contributed by atoms with Crippen LogP contribution in [0.15, 0.2) is 78.0 Å². The third-order valence-corrected chi connectivity index (χ3v) is 4.05. The molecule has 28 heavy (non-hydrogen) atoms. The van der Waals surface area contributed by atoms with Crippen molar-refractivity contribution >= 4 is 11.9 Å². The van der Waals surface area contributed by atoms with Crippen molar-refractivity contribution in [3.05, 3.63) is 105 Å². The number of nitro benzene ring substituents is 1. The molecule has 0 bridgehead atoms. The summed E-state index contributed by atoms with van der Waals surface area (Å²) < 4.78 is 5.90. The molecule has 0 spiro atoms. The van der Waals surface area contributed by atoms with Crippen molar-refractivity contribution in [2.24, 2.45) is 5.16 Å². The largest absolute Gasteiger partial charge is 0.488 e. The van der Waals surface area contributed by atoms with Gasteiger partial charge in [-0.15, -0.1) is 0 Å². The Morgan fingerprint density at radius 3 is 2.54 bits per heavy atom. The van der Waals surface area contributed by atoms with Gasteiger partial charge in [0.2, 0.25) is 0 Å². The van der Waals surface area contributed by atoms with Crippen LogP contribution in [0, 0.1) is 17.0 Å². The summed E-state index contributed by atoms with van der Waals surface area (Å²) in [6, 6.07) is 22.0. The number of rotatable bonds is 8. The second-order valence-corrected chi connectivity index (χ2v) is 6.25. The minimum atomic E-state index is -0.436. The van der Waals surface area contributed by atoms with E-state index in [2.05, 4.69) is 5.16 Å². The van der Waals surface area contributed by atoms with E-state index < -0.39 is 4.92 Å². The standard InChI is InChI=1S/C22H20N2O4/c1-17-9-11-18(12-10-17)15-27-22-8-3-2-6-20(22)14-23-28-16-19-5-4-7-21(13-19)24(25)26/h2-14H,15-16H2,1H3/b23-14-. The Labute approximate surface area is 163 Å². The third kappa shape index (κ3) is 5.41. The molecule has 0 N–H and O–H groups in total. The highest BCUT2D eigenvalue weighted by molar-refractivity contribution is 5.83. The summed E-state index contributed by atoms with van der Waals surface area (Å²) in [6.45, 7) is 2.65. The molecule has 3 aromatic rings. The van der Waals surface area contributed by atoms with Crippen molar-refractivity contribution < 1.29 is 14.5 Å². The smallest absolute Gasteiger partial charge is 0.269 e. The van der Waals surface area contributed by atoms with E-state index in [1.54, 1.807) is 18.3 Å². The normalized spacial score (nSPS) is 10.8. The van der Waals surface area contributed by atoms with Gasteiger partial charge in [-0.3, -0.25) is 10.1 Å². The molecule has 0 heterocycles. The monoisotopic (exact) mass is 376 g/mol. The summed E-state index contributed by atoms with van der Waals surface area (Å²) in [7, 11) is 0. The van der Waals surface area contributed by atoms with Gasteiger partial charge in [-0.2, -0.15) is 0 Å². The highest BCUT2D eigenvalue weighted by Crippen LogP contribution is 2.18. The Bertz CT molecular complexity index is 968. The Morgan fingerprint density at radius 1 is 0.964 bits per heavy atom. The van der Waals surface area contributed by atoms with Crippen LogP contribution in [0.2, 0.25) is 0 Å². The maximum Gasteiger partial charge on any atom is 0.269 e. The fourth-order valence-electron chi connectivity index (χ4n) is 2.53.